The second-order valence-corrected chi connectivity index (χ2v) is 12.8. The van der Waals surface area contributed by atoms with E-state index in [9.17, 15) is 13.2 Å². The Morgan fingerprint density at radius 2 is 1.59 bits per heavy atom. The number of fused-ring (bicyclic) bond motifs is 1. The third-order valence-electron chi connectivity index (χ3n) is 7.00. The number of ether oxygens (including phenoxy) is 2. The molecule has 0 atom stereocenters. The zero-order chi connectivity index (χ0) is 27.4. The molecule has 9 nitrogen and oxygen atoms in total. The number of rotatable bonds is 10. The van der Waals surface area contributed by atoms with Gasteiger partial charge in [0, 0.05) is 43.9 Å². The van der Waals surface area contributed by atoms with Crippen molar-refractivity contribution in [2.24, 2.45) is 0 Å². The van der Waals surface area contributed by atoms with Crippen molar-refractivity contribution in [1.29, 1.82) is 0 Å². The third-order valence-corrected chi connectivity index (χ3v) is 9.96. The number of methoxy groups -OCH3 is 2. The molecule has 1 amide bonds. The lowest BCUT2D eigenvalue weighted by molar-refractivity contribution is 0.0985. The Hall–Kier alpha value is -2.44. The Labute approximate surface area is 241 Å². The highest BCUT2D eigenvalue weighted by molar-refractivity contribution is 7.89. The minimum Gasteiger partial charge on any atom is -0.493 e. The Morgan fingerprint density at radius 1 is 0.974 bits per heavy atom. The lowest BCUT2D eigenvalue weighted by atomic mass is 9.96. The minimum absolute atomic E-state index is 0. The van der Waals surface area contributed by atoms with Gasteiger partial charge in [-0.25, -0.2) is 13.4 Å². The number of thiazole rings is 1. The highest BCUT2D eigenvalue weighted by atomic mass is 35.5. The number of amides is 1. The van der Waals surface area contributed by atoms with Crippen LogP contribution >= 0.6 is 23.7 Å². The summed E-state index contributed by atoms with van der Waals surface area (Å²) in [5.41, 5.74) is 1.11. The zero-order valence-corrected chi connectivity index (χ0v) is 25.5. The topological polar surface area (TPSA) is 92.3 Å². The molecule has 0 N–H and O–H groups in total. The van der Waals surface area contributed by atoms with Crippen LogP contribution in [0.5, 0.6) is 11.5 Å². The van der Waals surface area contributed by atoms with Crippen molar-refractivity contribution >= 4 is 55.0 Å². The second kappa shape index (κ2) is 13.3. The Kier molecular flexibility index (Phi) is 10.6. The van der Waals surface area contributed by atoms with Gasteiger partial charge in [0.25, 0.3) is 5.91 Å². The van der Waals surface area contributed by atoms with E-state index in [-0.39, 0.29) is 29.3 Å². The van der Waals surface area contributed by atoms with Crippen molar-refractivity contribution in [3.8, 4) is 11.5 Å². The van der Waals surface area contributed by atoms with Crippen molar-refractivity contribution in [3.05, 3.63) is 42.0 Å². The number of hydrogen-bond donors (Lipinski definition) is 0. The number of halogens is 1. The summed E-state index contributed by atoms with van der Waals surface area (Å²) >= 11 is 1.39. The van der Waals surface area contributed by atoms with Crippen molar-refractivity contribution in [1.82, 2.24) is 14.2 Å². The summed E-state index contributed by atoms with van der Waals surface area (Å²) in [5.74, 6) is 0.920. The molecule has 1 aliphatic carbocycles. The van der Waals surface area contributed by atoms with Crippen molar-refractivity contribution < 1.29 is 22.7 Å². The molecule has 0 aliphatic heterocycles. The average Bonchev–Trinajstić information content (AvgIpc) is 3.34. The summed E-state index contributed by atoms with van der Waals surface area (Å²) in [4.78, 5) is 22.2. The smallest absolute Gasteiger partial charge is 0.260 e. The molecule has 1 heterocycles. The summed E-state index contributed by atoms with van der Waals surface area (Å²) in [5, 5.41) is 0.552. The largest absolute Gasteiger partial charge is 0.493 e. The van der Waals surface area contributed by atoms with Gasteiger partial charge in [0.15, 0.2) is 16.6 Å². The van der Waals surface area contributed by atoms with Crippen LogP contribution in [0.15, 0.2) is 41.3 Å². The zero-order valence-electron chi connectivity index (χ0n) is 23.0. The predicted molar refractivity (Wildman–Crippen MR) is 158 cm³/mol. The SMILES string of the molecule is COc1cc2nc(N(CCN(C)C)C(=O)c3ccc(S(=O)(=O)N(C)C4CCCCC4)cc3)sc2cc1OC.Cl. The third kappa shape index (κ3) is 6.83. The lowest BCUT2D eigenvalue weighted by Crippen LogP contribution is -2.38. The molecular formula is C27H37ClN4O5S2. The summed E-state index contributed by atoms with van der Waals surface area (Å²) < 4.78 is 39.7. The molecule has 0 bridgehead atoms. The van der Waals surface area contributed by atoms with Crippen LogP contribution in [0.4, 0.5) is 5.13 Å². The monoisotopic (exact) mass is 596 g/mol. The number of carbonyl (C=O) groups is 1. The minimum atomic E-state index is -3.64. The average molecular weight is 597 g/mol. The number of aromatic nitrogens is 1. The summed E-state index contributed by atoms with van der Waals surface area (Å²) in [6.07, 6.45) is 5.01. The molecule has 39 heavy (non-hydrogen) atoms. The van der Waals surface area contributed by atoms with Gasteiger partial charge < -0.3 is 14.4 Å². The number of sulfonamides is 1. The Morgan fingerprint density at radius 3 is 2.18 bits per heavy atom. The lowest BCUT2D eigenvalue weighted by Gasteiger charge is -2.30. The molecule has 3 aromatic rings. The number of hydrogen-bond acceptors (Lipinski definition) is 8. The van der Waals surface area contributed by atoms with Crippen LogP contribution in [-0.2, 0) is 10.0 Å². The highest BCUT2D eigenvalue weighted by Crippen LogP contribution is 2.37. The first-order valence-electron chi connectivity index (χ1n) is 12.7. The van der Waals surface area contributed by atoms with Crippen LogP contribution in [0.1, 0.15) is 42.5 Å². The maximum absolute atomic E-state index is 13.7. The van der Waals surface area contributed by atoms with Crippen molar-refractivity contribution in [3.63, 3.8) is 0 Å². The first kappa shape index (κ1) is 31.1. The van der Waals surface area contributed by atoms with Crippen LogP contribution in [0, 0.1) is 0 Å². The molecular weight excluding hydrogens is 560 g/mol. The first-order chi connectivity index (χ1) is 18.1. The molecule has 4 rings (SSSR count). The molecule has 12 heteroatoms. The maximum Gasteiger partial charge on any atom is 0.260 e. The van der Waals surface area contributed by atoms with Crippen LogP contribution in [-0.4, -0.2) is 83.0 Å². The van der Waals surface area contributed by atoms with E-state index >= 15 is 0 Å². The van der Waals surface area contributed by atoms with E-state index < -0.39 is 10.0 Å². The summed E-state index contributed by atoms with van der Waals surface area (Å²) in [7, 11) is 5.06. The van der Waals surface area contributed by atoms with Crippen LogP contribution in [0.2, 0.25) is 0 Å². The van der Waals surface area contributed by atoms with E-state index in [2.05, 4.69) is 0 Å². The highest BCUT2D eigenvalue weighted by Gasteiger charge is 2.29. The fourth-order valence-electron chi connectivity index (χ4n) is 4.67. The number of benzene rings is 2. The molecule has 2 aromatic carbocycles. The molecule has 214 valence electrons. The number of anilines is 1. The van der Waals surface area contributed by atoms with Gasteiger partial charge >= 0.3 is 0 Å². The Bertz CT molecular complexity index is 1330. The quantitative estimate of drug-likeness (QED) is 0.329. The van der Waals surface area contributed by atoms with E-state index in [1.807, 2.05) is 25.1 Å². The van der Waals surface area contributed by atoms with Crippen molar-refractivity contribution in [2.45, 2.75) is 43.0 Å². The van der Waals surface area contributed by atoms with Gasteiger partial charge in [-0.05, 0) is 51.2 Å². The van der Waals surface area contributed by atoms with Crippen LogP contribution < -0.4 is 14.4 Å². The molecule has 0 unspecified atom stereocenters. The van der Waals surface area contributed by atoms with Gasteiger partial charge in [0.05, 0.1) is 29.3 Å². The molecule has 1 aromatic heterocycles. The normalized spacial score (nSPS) is 14.4. The molecule has 1 fully saturated rings. The molecule has 0 saturated heterocycles. The molecule has 0 spiro atoms. The molecule has 0 radical (unpaired) electrons. The van der Waals surface area contributed by atoms with E-state index in [0.29, 0.717) is 40.8 Å². The van der Waals surface area contributed by atoms with Crippen molar-refractivity contribution in [2.75, 3.05) is 53.4 Å². The molecule has 1 saturated carbocycles. The van der Waals surface area contributed by atoms with Gasteiger partial charge in [0.2, 0.25) is 10.0 Å². The maximum atomic E-state index is 13.7. The van der Waals surface area contributed by atoms with Gasteiger partial charge in [-0.1, -0.05) is 30.6 Å². The first-order valence-corrected chi connectivity index (χ1v) is 15.0. The number of nitrogens with zero attached hydrogens (tertiary/aromatic N) is 4. The fraction of sp³-hybridized carbons (Fsp3) is 0.481. The van der Waals surface area contributed by atoms with Crippen LogP contribution in [0.3, 0.4) is 0 Å². The van der Waals surface area contributed by atoms with E-state index in [4.69, 9.17) is 14.5 Å². The molecule has 1 aliphatic rings. The Balaban J connectivity index is 0.00000420. The van der Waals surface area contributed by atoms with E-state index in [1.54, 1.807) is 44.4 Å². The van der Waals surface area contributed by atoms with Gasteiger partial charge in [-0.15, -0.1) is 12.4 Å². The number of likely N-dealkylation sites (N-methyl/N-ethyl adjacent to an activating group) is 1. The summed E-state index contributed by atoms with van der Waals surface area (Å²) in [6, 6.07) is 9.91. The van der Waals surface area contributed by atoms with E-state index in [0.717, 1.165) is 36.8 Å². The summed E-state index contributed by atoms with van der Waals surface area (Å²) in [6.45, 7) is 1.05. The second-order valence-electron chi connectivity index (χ2n) is 9.77. The van der Waals surface area contributed by atoms with Gasteiger partial charge in [0.1, 0.15) is 0 Å². The van der Waals surface area contributed by atoms with Gasteiger partial charge in [-0.2, -0.15) is 4.31 Å². The van der Waals surface area contributed by atoms with Crippen LogP contribution in [0.25, 0.3) is 10.2 Å². The fourth-order valence-corrected chi connectivity index (χ4v) is 7.09. The predicted octanol–water partition coefficient (Wildman–Crippen LogP) is 4.90. The van der Waals surface area contributed by atoms with E-state index in [1.165, 1.54) is 27.8 Å². The number of carbonyl (C=O) groups excluding carboxylic acids is 1. The standard InChI is InChI=1S/C27H36N4O5S2.ClH/c1-29(2)15-16-31(27-28-22-17-23(35-4)24(36-5)18-25(22)37-27)26(32)19-11-13-21(14-12-19)38(33,34)30(3)20-9-7-6-8-10-20;/h11-14,17-18,20H,6-10,15-16H2,1-5H3;1H. The van der Waals surface area contributed by atoms with Gasteiger partial charge in [-0.3, -0.25) is 9.69 Å².